The zero-order valence-corrected chi connectivity index (χ0v) is 16.5. The molecule has 3 rings (SSSR count). The SMILES string of the molecule is COC(=O)c1ccc(NC(=O)C2CC(=O)N(C)C(=Nc3ccc(F)cc3)S2)cc1. The predicted molar refractivity (Wildman–Crippen MR) is 109 cm³/mol. The molecule has 1 aliphatic rings. The Labute approximate surface area is 170 Å². The van der Waals surface area contributed by atoms with E-state index in [1.165, 1.54) is 48.4 Å². The normalized spacial score (nSPS) is 17.9. The van der Waals surface area contributed by atoms with Gasteiger partial charge in [0.2, 0.25) is 11.8 Å². The van der Waals surface area contributed by atoms with Gasteiger partial charge in [-0.15, -0.1) is 0 Å². The average Bonchev–Trinajstić information content (AvgIpc) is 2.72. The third-order valence-corrected chi connectivity index (χ3v) is 5.43. The van der Waals surface area contributed by atoms with E-state index in [1.54, 1.807) is 19.2 Å². The van der Waals surface area contributed by atoms with Crippen LogP contribution in [0.3, 0.4) is 0 Å². The molecule has 150 valence electrons. The number of halogens is 1. The summed E-state index contributed by atoms with van der Waals surface area (Å²) in [6.07, 6.45) is 0.0235. The minimum atomic E-state index is -0.668. The Hall–Kier alpha value is -3.20. The highest BCUT2D eigenvalue weighted by atomic mass is 32.2. The number of thioether (sulfide) groups is 1. The van der Waals surface area contributed by atoms with Gasteiger partial charge in [0.1, 0.15) is 11.1 Å². The van der Waals surface area contributed by atoms with Gasteiger partial charge in [-0.2, -0.15) is 0 Å². The van der Waals surface area contributed by atoms with Crippen LogP contribution in [0.25, 0.3) is 0 Å². The fourth-order valence-electron chi connectivity index (χ4n) is 2.55. The van der Waals surface area contributed by atoms with Crippen LogP contribution >= 0.6 is 11.8 Å². The second-order valence-corrected chi connectivity index (χ2v) is 7.36. The van der Waals surface area contributed by atoms with Crippen molar-refractivity contribution in [1.29, 1.82) is 0 Å². The topological polar surface area (TPSA) is 88.1 Å². The fraction of sp³-hybridized carbons (Fsp3) is 0.200. The lowest BCUT2D eigenvalue weighted by molar-refractivity contribution is -0.128. The summed E-state index contributed by atoms with van der Waals surface area (Å²) in [5.74, 6) is -1.45. The number of aliphatic imine (C=N–C) groups is 1. The molecule has 1 aliphatic heterocycles. The van der Waals surface area contributed by atoms with Crippen molar-refractivity contribution in [3.8, 4) is 0 Å². The Morgan fingerprint density at radius 3 is 2.45 bits per heavy atom. The first kappa shape index (κ1) is 20.5. The monoisotopic (exact) mass is 415 g/mol. The van der Waals surface area contributed by atoms with Crippen LogP contribution < -0.4 is 5.32 Å². The molecule has 29 heavy (non-hydrogen) atoms. The Kier molecular flexibility index (Phi) is 6.28. The summed E-state index contributed by atoms with van der Waals surface area (Å²) in [4.78, 5) is 42.2. The van der Waals surface area contributed by atoms with Crippen molar-refractivity contribution < 1.29 is 23.5 Å². The summed E-state index contributed by atoms with van der Waals surface area (Å²) in [6, 6.07) is 11.8. The van der Waals surface area contributed by atoms with E-state index in [0.29, 0.717) is 22.1 Å². The van der Waals surface area contributed by atoms with Crippen molar-refractivity contribution in [2.75, 3.05) is 19.5 Å². The Bertz CT molecular complexity index is 961. The van der Waals surface area contributed by atoms with E-state index in [2.05, 4.69) is 15.0 Å². The van der Waals surface area contributed by atoms with E-state index in [-0.39, 0.29) is 24.1 Å². The molecule has 1 fully saturated rings. The molecule has 7 nitrogen and oxygen atoms in total. The number of methoxy groups -OCH3 is 1. The Balaban J connectivity index is 1.72. The third kappa shape index (κ3) is 5.00. The van der Waals surface area contributed by atoms with Gasteiger partial charge in [0.25, 0.3) is 0 Å². The standard InChI is InChI=1S/C20H18FN3O4S/c1-24-17(25)11-16(29-20(24)23-15-9-5-13(21)6-10-15)18(26)22-14-7-3-12(4-8-14)19(27)28-2/h3-10,16H,11H2,1-2H3,(H,22,26). The number of amides is 2. The van der Waals surface area contributed by atoms with Crippen LogP contribution in [0.5, 0.6) is 0 Å². The molecule has 9 heteroatoms. The van der Waals surface area contributed by atoms with Gasteiger partial charge in [-0.05, 0) is 48.5 Å². The molecule has 1 atom stereocenters. The first-order chi connectivity index (χ1) is 13.9. The quantitative estimate of drug-likeness (QED) is 0.775. The molecular weight excluding hydrogens is 397 g/mol. The highest BCUT2D eigenvalue weighted by Gasteiger charge is 2.34. The number of anilines is 1. The molecule has 1 heterocycles. The number of hydrogen-bond acceptors (Lipinski definition) is 6. The van der Waals surface area contributed by atoms with Crippen LogP contribution in [0, 0.1) is 5.82 Å². The summed E-state index contributed by atoms with van der Waals surface area (Å²) in [7, 11) is 2.87. The number of hydrogen-bond donors (Lipinski definition) is 1. The minimum absolute atomic E-state index is 0.0235. The number of amidine groups is 1. The maximum absolute atomic E-state index is 13.1. The van der Waals surface area contributed by atoms with E-state index in [9.17, 15) is 18.8 Å². The van der Waals surface area contributed by atoms with Crippen LogP contribution in [0.1, 0.15) is 16.8 Å². The zero-order valence-electron chi connectivity index (χ0n) is 15.7. The molecule has 0 aromatic heterocycles. The van der Waals surface area contributed by atoms with Gasteiger partial charge in [0.05, 0.1) is 18.4 Å². The molecule has 0 spiro atoms. The first-order valence-corrected chi connectivity index (χ1v) is 9.52. The lowest BCUT2D eigenvalue weighted by atomic mass is 10.2. The molecular formula is C20H18FN3O4S. The number of benzene rings is 2. The molecule has 0 radical (unpaired) electrons. The largest absolute Gasteiger partial charge is 0.465 e. The summed E-state index contributed by atoms with van der Waals surface area (Å²) < 4.78 is 17.7. The predicted octanol–water partition coefficient (Wildman–Crippen LogP) is 3.20. The van der Waals surface area contributed by atoms with Crippen LogP contribution in [0.2, 0.25) is 0 Å². The average molecular weight is 415 g/mol. The van der Waals surface area contributed by atoms with Gasteiger partial charge in [0.15, 0.2) is 5.17 Å². The van der Waals surface area contributed by atoms with Gasteiger partial charge >= 0.3 is 5.97 Å². The molecule has 0 saturated carbocycles. The van der Waals surface area contributed by atoms with Gasteiger partial charge in [-0.25, -0.2) is 14.2 Å². The molecule has 1 N–H and O–H groups in total. The summed E-state index contributed by atoms with van der Waals surface area (Å²) in [6.45, 7) is 0. The molecule has 2 aromatic rings. The zero-order chi connectivity index (χ0) is 21.0. The van der Waals surface area contributed by atoms with Crippen molar-refractivity contribution in [2.24, 2.45) is 4.99 Å². The first-order valence-electron chi connectivity index (χ1n) is 8.64. The number of rotatable bonds is 4. The van der Waals surface area contributed by atoms with Crippen molar-refractivity contribution in [2.45, 2.75) is 11.7 Å². The van der Waals surface area contributed by atoms with E-state index in [0.717, 1.165) is 11.8 Å². The van der Waals surface area contributed by atoms with Crippen molar-refractivity contribution >= 4 is 46.1 Å². The molecule has 1 saturated heterocycles. The molecule has 1 unspecified atom stereocenters. The summed E-state index contributed by atoms with van der Waals surface area (Å²) >= 11 is 1.16. The van der Waals surface area contributed by atoms with Crippen LogP contribution in [0.4, 0.5) is 15.8 Å². The second-order valence-electron chi connectivity index (χ2n) is 6.19. The molecule has 2 amide bonds. The van der Waals surface area contributed by atoms with Gasteiger partial charge in [-0.1, -0.05) is 11.8 Å². The molecule has 0 aliphatic carbocycles. The van der Waals surface area contributed by atoms with Crippen molar-refractivity contribution in [1.82, 2.24) is 4.90 Å². The summed E-state index contributed by atoms with van der Waals surface area (Å²) in [5, 5.41) is 2.42. The van der Waals surface area contributed by atoms with Crippen LogP contribution in [0.15, 0.2) is 53.5 Å². The number of esters is 1. The van der Waals surface area contributed by atoms with E-state index in [4.69, 9.17) is 0 Å². The summed E-state index contributed by atoms with van der Waals surface area (Å²) in [5.41, 5.74) is 1.34. The van der Waals surface area contributed by atoms with Crippen LogP contribution in [-0.2, 0) is 14.3 Å². The van der Waals surface area contributed by atoms with Crippen molar-refractivity contribution in [3.63, 3.8) is 0 Å². The van der Waals surface area contributed by atoms with Crippen molar-refractivity contribution in [3.05, 3.63) is 59.9 Å². The second kappa shape index (κ2) is 8.87. The number of nitrogens with one attached hydrogen (secondary N) is 1. The van der Waals surface area contributed by atoms with E-state index in [1.807, 2.05) is 0 Å². The van der Waals surface area contributed by atoms with E-state index >= 15 is 0 Å². The number of carbonyl (C=O) groups excluding carboxylic acids is 3. The fourth-order valence-corrected chi connectivity index (χ4v) is 3.62. The highest BCUT2D eigenvalue weighted by molar-refractivity contribution is 8.15. The molecule has 2 aromatic carbocycles. The van der Waals surface area contributed by atoms with E-state index < -0.39 is 11.2 Å². The minimum Gasteiger partial charge on any atom is -0.465 e. The smallest absolute Gasteiger partial charge is 0.337 e. The maximum atomic E-state index is 13.1. The molecule has 0 bridgehead atoms. The Morgan fingerprint density at radius 2 is 1.83 bits per heavy atom. The lowest BCUT2D eigenvalue weighted by Gasteiger charge is -2.28. The van der Waals surface area contributed by atoms with Crippen LogP contribution in [-0.4, -0.2) is 47.3 Å². The third-order valence-electron chi connectivity index (χ3n) is 4.19. The van der Waals surface area contributed by atoms with Gasteiger partial charge in [-0.3, -0.25) is 14.5 Å². The highest BCUT2D eigenvalue weighted by Crippen LogP contribution is 2.29. The van der Waals surface area contributed by atoms with Gasteiger partial charge < -0.3 is 10.1 Å². The lowest BCUT2D eigenvalue weighted by Crippen LogP contribution is -2.43. The number of nitrogens with zero attached hydrogens (tertiary/aromatic N) is 2. The number of ether oxygens (including phenoxy) is 1. The van der Waals surface area contributed by atoms with Gasteiger partial charge in [0, 0.05) is 19.2 Å². The Morgan fingerprint density at radius 1 is 1.17 bits per heavy atom. The number of carbonyl (C=O) groups is 3. The maximum Gasteiger partial charge on any atom is 0.337 e.